The molecule has 1 atom stereocenters. The predicted octanol–water partition coefficient (Wildman–Crippen LogP) is 4.49. The molecule has 0 bridgehead atoms. The Labute approximate surface area is 202 Å². The van der Waals surface area contributed by atoms with Gasteiger partial charge < -0.3 is 14.8 Å². The third kappa shape index (κ3) is 5.16. The minimum Gasteiger partial charge on any atom is -0.467 e. The number of aromatic nitrogens is 2. The maximum atomic E-state index is 13.2. The summed E-state index contributed by atoms with van der Waals surface area (Å²) in [5.41, 5.74) is 1.75. The average molecular weight is 474 g/mol. The Morgan fingerprint density at radius 1 is 1.00 bits per heavy atom. The number of methoxy groups -OCH3 is 1. The van der Waals surface area contributed by atoms with Crippen LogP contribution in [0.25, 0.3) is 21.8 Å². The van der Waals surface area contributed by atoms with Crippen LogP contribution >= 0.6 is 0 Å². The molecule has 8 nitrogen and oxygen atoms in total. The minimum absolute atomic E-state index is 0.123. The van der Waals surface area contributed by atoms with Gasteiger partial charge in [0.2, 0.25) is 0 Å². The second-order valence-corrected chi connectivity index (χ2v) is 9.15. The first kappa shape index (κ1) is 23.9. The van der Waals surface area contributed by atoms with Gasteiger partial charge in [0.1, 0.15) is 11.6 Å². The number of para-hydroxylation sites is 2. The number of carbonyl (C=O) groups excluding carboxylic acids is 3. The van der Waals surface area contributed by atoms with Gasteiger partial charge in [0.05, 0.1) is 23.7 Å². The maximum absolute atomic E-state index is 13.2. The summed E-state index contributed by atoms with van der Waals surface area (Å²) < 4.78 is 11.9. The molecular weight excluding hydrogens is 446 g/mol. The lowest BCUT2D eigenvalue weighted by Crippen LogP contribution is -2.43. The molecule has 0 saturated carbocycles. The van der Waals surface area contributed by atoms with Gasteiger partial charge in [0, 0.05) is 29.6 Å². The summed E-state index contributed by atoms with van der Waals surface area (Å²) >= 11 is 0. The highest BCUT2D eigenvalue weighted by Gasteiger charge is 2.27. The lowest BCUT2D eigenvalue weighted by molar-refractivity contribution is -0.142. The van der Waals surface area contributed by atoms with Crippen LogP contribution in [-0.4, -0.2) is 46.3 Å². The number of benzene rings is 2. The maximum Gasteiger partial charge on any atom is 0.419 e. The van der Waals surface area contributed by atoms with Crippen molar-refractivity contribution in [2.24, 2.45) is 0 Å². The van der Waals surface area contributed by atoms with E-state index in [4.69, 9.17) is 9.47 Å². The molecule has 180 valence electrons. The fourth-order valence-corrected chi connectivity index (χ4v) is 3.96. The normalized spacial score (nSPS) is 12.3. The fourth-order valence-electron chi connectivity index (χ4n) is 3.96. The number of carbonyl (C=O) groups is 3. The number of hydrogen-bond donors (Lipinski definition) is 1. The zero-order valence-corrected chi connectivity index (χ0v) is 20.1. The molecule has 2 heterocycles. The van der Waals surface area contributed by atoms with Crippen molar-refractivity contribution in [1.29, 1.82) is 0 Å². The second kappa shape index (κ2) is 9.58. The lowest BCUT2D eigenvalue weighted by atomic mass is 10.0. The smallest absolute Gasteiger partial charge is 0.419 e. The summed E-state index contributed by atoms with van der Waals surface area (Å²) in [7, 11) is 1.27. The Kier molecular flexibility index (Phi) is 6.55. The molecule has 1 N–H and O–H groups in total. The predicted molar refractivity (Wildman–Crippen MR) is 132 cm³/mol. The van der Waals surface area contributed by atoms with Crippen molar-refractivity contribution in [3.05, 3.63) is 78.1 Å². The highest BCUT2D eigenvalue weighted by atomic mass is 16.6. The number of hydrogen-bond acceptors (Lipinski definition) is 6. The van der Waals surface area contributed by atoms with E-state index in [1.165, 1.54) is 11.7 Å². The van der Waals surface area contributed by atoms with Crippen molar-refractivity contribution in [3.8, 4) is 0 Å². The molecule has 0 aliphatic rings. The van der Waals surface area contributed by atoms with Gasteiger partial charge >= 0.3 is 12.1 Å². The van der Waals surface area contributed by atoms with Crippen LogP contribution < -0.4 is 5.32 Å². The molecule has 0 aliphatic heterocycles. The highest BCUT2D eigenvalue weighted by Crippen LogP contribution is 2.25. The van der Waals surface area contributed by atoms with Crippen molar-refractivity contribution in [2.45, 2.75) is 38.8 Å². The van der Waals surface area contributed by atoms with E-state index >= 15 is 0 Å². The average Bonchev–Trinajstić information content (AvgIpc) is 3.20. The van der Waals surface area contributed by atoms with Crippen LogP contribution in [0.2, 0.25) is 0 Å². The van der Waals surface area contributed by atoms with E-state index in [0.29, 0.717) is 27.5 Å². The largest absolute Gasteiger partial charge is 0.467 e. The number of rotatable bonds is 5. The van der Waals surface area contributed by atoms with Crippen LogP contribution in [-0.2, 0) is 20.7 Å². The number of amides is 1. The molecular formula is C27H27N3O5. The van der Waals surface area contributed by atoms with Gasteiger partial charge in [-0.15, -0.1) is 0 Å². The topological polar surface area (TPSA) is 99.5 Å². The van der Waals surface area contributed by atoms with Crippen molar-refractivity contribution >= 4 is 39.8 Å². The van der Waals surface area contributed by atoms with E-state index in [2.05, 4.69) is 10.3 Å². The number of nitrogens with one attached hydrogen (secondary N) is 1. The lowest BCUT2D eigenvalue weighted by Gasteiger charge is -2.19. The van der Waals surface area contributed by atoms with Crippen molar-refractivity contribution in [1.82, 2.24) is 14.9 Å². The molecule has 0 spiro atoms. The van der Waals surface area contributed by atoms with E-state index in [1.54, 1.807) is 51.4 Å². The molecule has 0 unspecified atom stereocenters. The summed E-state index contributed by atoms with van der Waals surface area (Å²) in [6.07, 6.45) is 2.79. The van der Waals surface area contributed by atoms with E-state index in [9.17, 15) is 14.4 Å². The summed E-state index contributed by atoms with van der Waals surface area (Å²) in [6.45, 7) is 5.38. The summed E-state index contributed by atoms with van der Waals surface area (Å²) in [6, 6.07) is 15.3. The quantitative estimate of drug-likeness (QED) is 0.429. The Hall–Kier alpha value is -4.20. The van der Waals surface area contributed by atoms with E-state index < -0.39 is 29.6 Å². The number of ether oxygens (including phenoxy) is 2. The number of fused-ring (bicyclic) bond motifs is 2. The van der Waals surface area contributed by atoms with Gasteiger partial charge in [-0.1, -0.05) is 36.4 Å². The van der Waals surface area contributed by atoms with Gasteiger partial charge in [0.25, 0.3) is 5.91 Å². The van der Waals surface area contributed by atoms with Gasteiger partial charge in [-0.05, 0) is 44.5 Å². The Morgan fingerprint density at radius 2 is 1.69 bits per heavy atom. The van der Waals surface area contributed by atoms with E-state index in [0.717, 1.165) is 5.39 Å². The number of esters is 1. The van der Waals surface area contributed by atoms with Gasteiger partial charge in [0.15, 0.2) is 0 Å². The molecule has 0 aliphatic carbocycles. The van der Waals surface area contributed by atoms with Crippen LogP contribution in [0.1, 0.15) is 36.7 Å². The fraction of sp³-hybridized carbons (Fsp3) is 0.259. The highest BCUT2D eigenvalue weighted by molar-refractivity contribution is 6.07. The summed E-state index contributed by atoms with van der Waals surface area (Å²) in [5, 5.41) is 4.25. The molecule has 0 radical (unpaired) electrons. The third-order valence-electron chi connectivity index (χ3n) is 5.49. The number of nitrogens with zero attached hydrogens (tertiary/aromatic N) is 2. The van der Waals surface area contributed by atoms with E-state index in [1.807, 2.05) is 36.4 Å². The monoisotopic (exact) mass is 473 g/mol. The summed E-state index contributed by atoms with van der Waals surface area (Å²) in [5.74, 6) is -1.01. The first-order chi connectivity index (χ1) is 16.7. The van der Waals surface area contributed by atoms with Gasteiger partial charge in [-0.25, -0.2) is 9.59 Å². The Bertz CT molecular complexity index is 1410. The van der Waals surface area contributed by atoms with Gasteiger partial charge in [-0.2, -0.15) is 0 Å². The van der Waals surface area contributed by atoms with E-state index in [-0.39, 0.29) is 6.42 Å². The van der Waals surface area contributed by atoms with Crippen LogP contribution in [0.5, 0.6) is 0 Å². The molecule has 2 aromatic carbocycles. The van der Waals surface area contributed by atoms with Gasteiger partial charge in [-0.3, -0.25) is 14.3 Å². The third-order valence-corrected chi connectivity index (χ3v) is 5.49. The van der Waals surface area contributed by atoms with Crippen LogP contribution in [0, 0.1) is 0 Å². The first-order valence-electron chi connectivity index (χ1n) is 11.2. The molecule has 0 fully saturated rings. The van der Waals surface area contributed by atoms with Crippen molar-refractivity contribution < 1.29 is 23.9 Å². The number of pyridine rings is 1. The standard InChI is InChI=1S/C27H27N3O5/c1-27(2,3)35-26(33)30-16-17(18-9-6-8-12-23(18)30)15-22(25(32)34-4)29-24(31)20-13-14-28-21-11-7-5-10-19(20)21/h5-14,16,22H,15H2,1-4H3,(H,29,31)/t22-/m0/s1. The second-order valence-electron chi connectivity index (χ2n) is 9.15. The molecule has 2 aromatic heterocycles. The van der Waals surface area contributed by atoms with Crippen molar-refractivity contribution in [3.63, 3.8) is 0 Å². The molecule has 4 rings (SSSR count). The zero-order chi connectivity index (χ0) is 25.2. The molecule has 0 saturated heterocycles. The molecule has 35 heavy (non-hydrogen) atoms. The van der Waals surface area contributed by atoms with Crippen LogP contribution in [0.4, 0.5) is 4.79 Å². The van der Waals surface area contributed by atoms with Crippen molar-refractivity contribution in [2.75, 3.05) is 7.11 Å². The molecule has 8 heteroatoms. The SMILES string of the molecule is COC(=O)[C@H](Cc1cn(C(=O)OC(C)(C)C)c2ccccc12)NC(=O)c1ccnc2ccccc12. The Balaban J connectivity index is 1.67. The minimum atomic E-state index is -0.975. The summed E-state index contributed by atoms with van der Waals surface area (Å²) in [4.78, 5) is 43.0. The Morgan fingerprint density at radius 3 is 2.40 bits per heavy atom. The molecule has 1 amide bonds. The zero-order valence-electron chi connectivity index (χ0n) is 20.1. The van der Waals surface area contributed by atoms with Crippen LogP contribution in [0.3, 0.4) is 0 Å². The first-order valence-corrected chi connectivity index (χ1v) is 11.2. The molecule has 4 aromatic rings. The van der Waals surface area contributed by atoms with Crippen LogP contribution in [0.15, 0.2) is 67.0 Å².